The highest BCUT2D eigenvalue weighted by molar-refractivity contribution is 5.91. The van der Waals surface area contributed by atoms with Crippen molar-refractivity contribution < 1.29 is 14.6 Å². The number of carboxylic acids is 1. The summed E-state index contributed by atoms with van der Waals surface area (Å²) in [5.74, 6) is 0.0342. The van der Waals surface area contributed by atoms with Gasteiger partial charge in [0.25, 0.3) is 0 Å². The minimum atomic E-state index is -1.01. The van der Waals surface area contributed by atoms with E-state index in [1.54, 1.807) is 10.7 Å². The third-order valence-corrected chi connectivity index (χ3v) is 2.92. The second-order valence-electron chi connectivity index (χ2n) is 4.76. The summed E-state index contributed by atoms with van der Waals surface area (Å²) in [6.45, 7) is 5.99. The maximum Gasteiger partial charge on any atom is 0.339 e. The van der Waals surface area contributed by atoms with Crippen LogP contribution < -0.4 is 4.74 Å². The third-order valence-electron chi connectivity index (χ3n) is 2.92. The van der Waals surface area contributed by atoms with Crippen LogP contribution in [0.1, 0.15) is 41.6 Å². The highest BCUT2D eigenvalue weighted by atomic mass is 16.5. The average Bonchev–Trinajstić information content (AvgIpc) is 2.85. The molecule has 106 valence electrons. The molecule has 0 unspecified atom stereocenters. The molecule has 0 fully saturated rings. The second-order valence-corrected chi connectivity index (χ2v) is 4.76. The summed E-state index contributed by atoms with van der Waals surface area (Å²) in [5.41, 5.74) is 0.932. The topological polar surface area (TPSA) is 77.2 Å². The molecule has 1 aromatic carbocycles. The van der Waals surface area contributed by atoms with Crippen LogP contribution in [0.15, 0.2) is 24.5 Å². The van der Waals surface area contributed by atoms with E-state index in [-0.39, 0.29) is 18.2 Å². The molecule has 0 bridgehead atoms. The molecule has 1 aromatic heterocycles. The lowest BCUT2D eigenvalue weighted by Crippen LogP contribution is -2.12. The van der Waals surface area contributed by atoms with Crippen LogP contribution in [0.25, 0.3) is 0 Å². The molecule has 0 saturated carbocycles. The van der Waals surface area contributed by atoms with Gasteiger partial charge in [-0.25, -0.2) is 14.5 Å². The van der Waals surface area contributed by atoms with Crippen LogP contribution in [0, 0.1) is 6.92 Å². The van der Waals surface area contributed by atoms with Crippen LogP contribution in [0.2, 0.25) is 0 Å². The number of benzene rings is 1. The van der Waals surface area contributed by atoms with Crippen molar-refractivity contribution in [3.05, 3.63) is 41.5 Å². The summed E-state index contributed by atoms with van der Waals surface area (Å²) >= 11 is 0. The number of rotatable bonds is 5. The maximum atomic E-state index is 11.2. The van der Waals surface area contributed by atoms with Crippen molar-refractivity contribution >= 4 is 5.97 Å². The zero-order valence-corrected chi connectivity index (χ0v) is 11.7. The monoisotopic (exact) mass is 275 g/mol. The average molecular weight is 275 g/mol. The van der Waals surface area contributed by atoms with Crippen molar-refractivity contribution in [2.45, 2.75) is 33.4 Å². The van der Waals surface area contributed by atoms with Crippen molar-refractivity contribution in [3.8, 4) is 5.75 Å². The predicted octanol–water partition coefficient (Wildman–Crippen LogP) is 2.44. The Labute approximate surface area is 117 Å². The standard InChI is InChI=1S/C14H17N3O3/c1-9(2)17-12(15-8-16-17)7-20-13-10(3)5-4-6-11(13)14(18)19/h4-6,8-9H,7H2,1-3H3,(H,18,19). The van der Waals surface area contributed by atoms with Gasteiger partial charge in [-0.15, -0.1) is 0 Å². The zero-order chi connectivity index (χ0) is 14.7. The first-order valence-electron chi connectivity index (χ1n) is 6.34. The fourth-order valence-electron chi connectivity index (χ4n) is 1.96. The number of aromatic carboxylic acids is 1. The molecule has 0 aliphatic carbocycles. The first-order chi connectivity index (χ1) is 9.50. The van der Waals surface area contributed by atoms with Crippen molar-refractivity contribution in [1.29, 1.82) is 0 Å². The Morgan fingerprint density at radius 2 is 2.20 bits per heavy atom. The Balaban J connectivity index is 2.23. The lowest BCUT2D eigenvalue weighted by Gasteiger charge is -2.13. The SMILES string of the molecule is Cc1cccc(C(=O)O)c1OCc1ncnn1C(C)C. The van der Waals surface area contributed by atoms with Gasteiger partial charge in [0.05, 0.1) is 0 Å². The number of aryl methyl sites for hydroxylation is 1. The minimum absolute atomic E-state index is 0.153. The molecule has 0 saturated heterocycles. The Morgan fingerprint density at radius 3 is 2.85 bits per heavy atom. The summed E-state index contributed by atoms with van der Waals surface area (Å²) in [6.07, 6.45) is 1.47. The normalized spacial score (nSPS) is 10.8. The van der Waals surface area contributed by atoms with E-state index >= 15 is 0 Å². The second kappa shape index (κ2) is 5.73. The first-order valence-corrected chi connectivity index (χ1v) is 6.34. The molecule has 0 aliphatic heterocycles. The third kappa shape index (κ3) is 2.79. The molecular formula is C14H17N3O3. The number of carboxylic acid groups (broad SMARTS) is 1. The molecule has 6 heteroatoms. The van der Waals surface area contributed by atoms with E-state index in [4.69, 9.17) is 4.74 Å². The van der Waals surface area contributed by atoms with Gasteiger partial charge in [0.2, 0.25) is 0 Å². The highest BCUT2D eigenvalue weighted by Crippen LogP contribution is 2.24. The van der Waals surface area contributed by atoms with Crippen LogP contribution in [0.3, 0.4) is 0 Å². The molecule has 0 amide bonds. The van der Waals surface area contributed by atoms with E-state index in [1.165, 1.54) is 12.4 Å². The molecule has 0 radical (unpaired) electrons. The summed E-state index contributed by atoms with van der Waals surface area (Å²) in [6, 6.07) is 5.21. The number of hydrogen-bond acceptors (Lipinski definition) is 4. The van der Waals surface area contributed by atoms with Gasteiger partial charge in [0.15, 0.2) is 5.82 Å². The van der Waals surface area contributed by atoms with Crippen molar-refractivity contribution in [1.82, 2.24) is 14.8 Å². The van der Waals surface area contributed by atoms with Gasteiger partial charge in [0.1, 0.15) is 24.2 Å². The smallest absolute Gasteiger partial charge is 0.339 e. The molecule has 2 rings (SSSR count). The first kappa shape index (κ1) is 14.0. The molecule has 1 N–H and O–H groups in total. The molecular weight excluding hydrogens is 258 g/mol. The van der Waals surface area contributed by atoms with Crippen LogP contribution in [-0.4, -0.2) is 25.8 Å². The number of ether oxygens (including phenoxy) is 1. The molecule has 0 spiro atoms. The number of aromatic nitrogens is 3. The fraction of sp³-hybridized carbons (Fsp3) is 0.357. The maximum absolute atomic E-state index is 11.2. The highest BCUT2D eigenvalue weighted by Gasteiger charge is 2.15. The molecule has 0 aliphatic rings. The number of hydrogen-bond donors (Lipinski definition) is 1. The van der Waals surface area contributed by atoms with Crippen LogP contribution in [0.4, 0.5) is 0 Å². The van der Waals surface area contributed by atoms with E-state index in [9.17, 15) is 9.90 Å². The lowest BCUT2D eigenvalue weighted by molar-refractivity contribution is 0.0691. The summed E-state index contributed by atoms with van der Waals surface area (Å²) in [7, 11) is 0. The molecule has 20 heavy (non-hydrogen) atoms. The number of para-hydroxylation sites is 1. The number of carbonyl (C=O) groups is 1. The molecule has 1 heterocycles. The van der Waals surface area contributed by atoms with Gasteiger partial charge in [-0.3, -0.25) is 0 Å². The van der Waals surface area contributed by atoms with Crippen LogP contribution in [0.5, 0.6) is 5.75 Å². The van der Waals surface area contributed by atoms with Crippen molar-refractivity contribution in [2.75, 3.05) is 0 Å². The largest absolute Gasteiger partial charge is 0.484 e. The Morgan fingerprint density at radius 1 is 1.45 bits per heavy atom. The minimum Gasteiger partial charge on any atom is -0.484 e. The number of nitrogens with zero attached hydrogens (tertiary/aromatic N) is 3. The summed E-state index contributed by atoms with van der Waals surface area (Å²) in [4.78, 5) is 15.3. The van der Waals surface area contributed by atoms with Crippen LogP contribution >= 0.6 is 0 Å². The Hall–Kier alpha value is -2.37. The van der Waals surface area contributed by atoms with Gasteiger partial charge in [0, 0.05) is 6.04 Å². The Bertz CT molecular complexity index is 620. The van der Waals surface area contributed by atoms with Crippen molar-refractivity contribution in [2.24, 2.45) is 0 Å². The predicted molar refractivity (Wildman–Crippen MR) is 72.9 cm³/mol. The van der Waals surface area contributed by atoms with Crippen LogP contribution in [-0.2, 0) is 6.61 Å². The molecule has 6 nitrogen and oxygen atoms in total. The van der Waals surface area contributed by atoms with E-state index in [0.29, 0.717) is 11.6 Å². The summed E-state index contributed by atoms with van der Waals surface area (Å²) in [5, 5.41) is 13.3. The Kier molecular flexibility index (Phi) is 4.02. The quantitative estimate of drug-likeness (QED) is 0.906. The van der Waals surface area contributed by atoms with Crippen molar-refractivity contribution in [3.63, 3.8) is 0 Å². The van der Waals surface area contributed by atoms with Gasteiger partial charge < -0.3 is 9.84 Å². The fourth-order valence-corrected chi connectivity index (χ4v) is 1.96. The van der Waals surface area contributed by atoms with E-state index < -0.39 is 5.97 Å². The van der Waals surface area contributed by atoms with E-state index in [0.717, 1.165) is 5.56 Å². The summed E-state index contributed by atoms with van der Waals surface area (Å²) < 4.78 is 7.41. The van der Waals surface area contributed by atoms with Gasteiger partial charge in [-0.05, 0) is 32.4 Å². The lowest BCUT2D eigenvalue weighted by atomic mass is 10.1. The van der Waals surface area contributed by atoms with E-state index in [2.05, 4.69) is 10.1 Å². The zero-order valence-electron chi connectivity index (χ0n) is 11.7. The van der Waals surface area contributed by atoms with Gasteiger partial charge in [-0.2, -0.15) is 5.10 Å². The van der Waals surface area contributed by atoms with E-state index in [1.807, 2.05) is 26.8 Å². The molecule has 0 atom stereocenters. The van der Waals surface area contributed by atoms with Gasteiger partial charge in [-0.1, -0.05) is 12.1 Å². The van der Waals surface area contributed by atoms with Gasteiger partial charge >= 0.3 is 5.97 Å². The molecule has 2 aromatic rings.